The molecule has 2 heteroatoms. The van der Waals surface area contributed by atoms with Gasteiger partial charge in [0.25, 0.3) is 0 Å². The Kier molecular flexibility index (Phi) is 2.93. The van der Waals surface area contributed by atoms with Crippen LogP contribution in [0.4, 0.5) is 0 Å². The third kappa shape index (κ3) is 4.39. The zero-order valence-corrected chi connectivity index (χ0v) is 6.58. The fourth-order valence-corrected chi connectivity index (χ4v) is 0.545. The Morgan fingerprint density at radius 1 is 1.18 bits per heavy atom. The number of ether oxygens (including phenoxy) is 1. The smallest absolute Gasteiger partial charge is 0.115 e. The van der Waals surface area contributed by atoms with Crippen molar-refractivity contribution in [1.29, 1.82) is 0 Å². The molecule has 60 valence electrons. The molecule has 1 aliphatic heterocycles. The van der Waals surface area contributed by atoms with Crippen molar-refractivity contribution in [3.8, 4) is 5.75 Å². The van der Waals surface area contributed by atoms with Gasteiger partial charge in [-0.05, 0) is 19.1 Å². The van der Waals surface area contributed by atoms with E-state index in [2.05, 4.69) is 4.74 Å². The van der Waals surface area contributed by atoms with Crippen LogP contribution >= 0.6 is 0 Å². The van der Waals surface area contributed by atoms with Crippen molar-refractivity contribution in [3.63, 3.8) is 0 Å². The Morgan fingerprint density at radius 2 is 1.64 bits per heavy atom. The van der Waals surface area contributed by atoms with Crippen molar-refractivity contribution >= 4 is 0 Å². The molecular formula is C9H12O2. The van der Waals surface area contributed by atoms with Crippen LogP contribution in [0.15, 0.2) is 24.3 Å². The van der Waals surface area contributed by atoms with E-state index in [4.69, 9.17) is 5.11 Å². The molecular weight excluding hydrogens is 140 g/mol. The lowest BCUT2D eigenvalue weighted by molar-refractivity contribution is 0.475. The van der Waals surface area contributed by atoms with Gasteiger partial charge in [0.2, 0.25) is 0 Å². The second kappa shape index (κ2) is 3.98. The van der Waals surface area contributed by atoms with E-state index in [1.165, 1.54) is 5.56 Å². The van der Waals surface area contributed by atoms with Gasteiger partial charge < -0.3 is 9.84 Å². The Labute approximate surface area is 66.4 Å². The van der Waals surface area contributed by atoms with E-state index in [1.54, 1.807) is 12.1 Å². The van der Waals surface area contributed by atoms with Gasteiger partial charge in [0, 0.05) is 0 Å². The molecule has 0 bridgehead atoms. The number of aromatic hydroxyl groups is 1. The zero-order chi connectivity index (χ0) is 8.10. The summed E-state index contributed by atoms with van der Waals surface area (Å²) in [5.41, 5.74) is 1.17. The van der Waals surface area contributed by atoms with E-state index < -0.39 is 0 Å². The summed E-state index contributed by atoms with van der Waals surface area (Å²) in [6, 6.07) is 7.09. The second-order valence-electron chi connectivity index (χ2n) is 2.45. The lowest BCUT2D eigenvalue weighted by atomic mass is 10.2. The highest BCUT2D eigenvalue weighted by Gasteiger charge is 1.94. The first-order valence-corrected chi connectivity index (χ1v) is 3.62. The van der Waals surface area contributed by atoms with Crippen LogP contribution in [0.5, 0.6) is 5.75 Å². The molecule has 0 spiro atoms. The minimum Gasteiger partial charge on any atom is -0.508 e. The van der Waals surface area contributed by atoms with Crippen LogP contribution < -0.4 is 0 Å². The molecule has 1 aromatic rings. The lowest BCUT2D eigenvalue weighted by Gasteiger charge is -1.89. The summed E-state index contributed by atoms with van der Waals surface area (Å²) in [6.07, 6.45) is 0. The van der Waals surface area contributed by atoms with Crippen LogP contribution in [0.1, 0.15) is 5.56 Å². The molecule has 1 saturated heterocycles. The first-order chi connectivity index (χ1) is 5.29. The molecule has 11 heavy (non-hydrogen) atoms. The molecule has 2 rings (SSSR count). The molecule has 0 atom stereocenters. The van der Waals surface area contributed by atoms with Gasteiger partial charge in [-0.15, -0.1) is 0 Å². The molecule has 0 aromatic heterocycles. The fraction of sp³-hybridized carbons (Fsp3) is 0.333. The highest BCUT2D eigenvalue weighted by Crippen LogP contribution is 2.07. The summed E-state index contributed by atoms with van der Waals surface area (Å²) >= 11 is 0. The minimum absolute atomic E-state index is 0.329. The van der Waals surface area contributed by atoms with Crippen LogP contribution in [-0.4, -0.2) is 18.3 Å². The van der Waals surface area contributed by atoms with Gasteiger partial charge in [-0.1, -0.05) is 17.7 Å². The summed E-state index contributed by atoms with van der Waals surface area (Å²) in [7, 11) is 0. The van der Waals surface area contributed by atoms with E-state index in [0.717, 1.165) is 13.2 Å². The van der Waals surface area contributed by atoms with Crippen LogP contribution in [-0.2, 0) is 4.74 Å². The Morgan fingerprint density at radius 3 is 1.91 bits per heavy atom. The maximum absolute atomic E-state index is 8.76. The molecule has 1 heterocycles. The number of benzene rings is 1. The van der Waals surface area contributed by atoms with Crippen molar-refractivity contribution in [3.05, 3.63) is 29.8 Å². The van der Waals surface area contributed by atoms with E-state index in [1.807, 2.05) is 19.1 Å². The van der Waals surface area contributed by atoms with E-state index in [9.17, 15) is 0 Å². The summed E-state index contributed by atoms with van der Waals surface area (Å²) in [6.45, 7) is 3.99. The average molecular weight is 152 g/mol. The molecule has 1 aromatic carbocycles. The fourth-order valence-electron chi connectivity index (χ4n) is 0.545. The monoisotopic (exact) mass is 152 g/mol. The number of hydrogen-bond acceptors (Lipinski definition) is 2. The molecule has 0 unspecified atom stereocenters. The molecule has 2 nitrogen and oxygen atoms in total. The van der Waals surface area contributed by atoms with Crippen LogP contribution in [0.3, 0.4) is 0 Å². The van der Waals surface area contributed by atoms with Gasteiger partial charge in [-0.3, -0.25) is 0 Å². The normalized spacial score (nSPS) is 13.2. The Balaban J connectivity index is 0.000000167. The van der Waals surface area contributed by atoms with Crippen molar-refractivity contribution in [1.82, 2.24) is 0 Å². The number of epoxide rings is 1. The first-order valence-electron chi connectivity index (χ1n) is 3.62. The molecule has 0 radical (unpaired) electrons. The molecule has 0 saturated carbocycles. The average Bonchev–Trinajstić information content (AvgIpc) is 2.80. The molecule has 0 amide bonds. The van der Waals surface area contributed by atoms with Crippen LogP contribution in [0.2, 0.25) is 0 Å². The highest BCUT2D eigenvalue weighted by atomic mass is 16.6. The van der Waals surface area contributed by atoms with Crippen molar-refractivity contribution in [2.75, 3.05) is 13.2 Å². The SMILES string of the molecule is C1CO1.Cc1ccc(O)cc1. The third-order valence-electron chi connectivity index (χ3n) is 1.24. The second-order valence-corrected chi connectivity index (χ2v) is 2.45. The maximum Gasteiger partial charge on any atom is 0.115 e. The number of phenols is 1. The van der Waals surface area contributed by atoms with Crippen molar-refractivity contribution in [2.24, 2.45) is 0 Å². The quantitative estimate of drug-likeness (QED) is 0.574. The van der Waals surface area contributed by atoms with Crippen LogP contribution in [0.25, 0.3) is 0 Å². The zero-order valence-electron chi connectivity index (χ0n) is 6.58. The molecule has 1 aliphatic rings. The summed E-state index contributed by atoms with van der Waals surface area (Å²) < 4.78 is 4.50. The summed E-state index contributed by atoms with van der Waals surface area (Å²) in [4.78, 5) is 0. The first kappa shape index (κ1) is 8.08. The lowest BCUT2D eigenvalue weighted by Crippen LogP contribution is -1.66. The van der Waals surface area contributed by atoms with Gasteiger partial charge in [0.1, 0.15) is 5.75 Å². The largest absolute Gasteiger partial charge is 0.508 e. The van der Waals surface area contributed by atoms with Gasteiger partial charge in [0.15, 0.2) is 0 Å². The Hall–Kier alpha value is -1.02. The van der Waals surface area contributed by atoms with E-state index >= 15 is 0 Å². The molecule has 1 fully saturated rings. The number of aryl methyl sites for hydroxylation is 1. The van der Waals surface area contributed by atoms with E-state index in [-0.39, 0.29) is 0 Å². The number of phenolic OH excluding ortho intramolecular Hbond substituents is 1. The van der Waals surface area contributed by atoms with Crippen molar-refractivity contribution in [2.45, 2.75) is 6.92 Å². The number of rotatable bonds is 0. The van der Waals surface area contributed by atoms with Gasteiger partial charge in [-0.25, -0.2) is 0 Å². The van der Waals surface area contributed by atoms with Gasteiger partial charge in [-0.2, -0.15) is 0 Å². The standard InChI is InChI=1S/C7H8O.C2H4O/c1-6-2-4-7(8)5-3-6;1-2-3-1/h2-5,8H,1H3;1-2H2. The van der Waals surface area contributed by atoms with Crippen LogP contribution in [0, 0.1) is 6.92 Å². The summed E-state index contributed by atoms with van der Waals surface area (Å²) in [5, 5.41) is 8.76. The third-order valence-corrected chi connectivity index (χ3v) is 1.24. The minimum atomic E-state index is 0.329. The van der Waals surface area contributed by atoms with E-state index in [0.29, 0.717) is 5.75 Å². The van der Waals surface area contributed by atoms with Gasteiger partial charge in [0.05, 0.1) is 13.2 Å². The summed E-state index contributed by atoms with van der Waals surface area (Å²) in [5.74, 6) is 0.329. The number of hydrogen-bond donors (Lipinski definition) is 1. The highest BCUT2D eigenvalue weighted by molar-refractivity contribution is 5.24. The predicted molar refractivity (Wildman–Crippen MR) is 43.7 cm³/mol. The maximum atomic E-state index is 8.76. The molecule has 0 aliphatic carbocycles. The van der Waals surface area contributed by atoms with Crippen molar-refractivity contribution < 1.29 is 9.84 Å². The predicted octanol–water partition coefficient (Wildman–Crippen LogP) is 1.72. The van der Waals surface area contributed by atoms with Gasteiger partial charge >= 0.3 is 0 Å². The Bertz CT molecular complexity index is 178. The molecule has 1 N–H and O–H groups in total. The topological polar surface area (TPSA) is 32.8 Å².